The first-order valence-electron chi connectivity index (χ1n) is 17.3. The summed E-state index contributed by atoms with van der Waals surface area (Å²) < 4.78 is 35.8. The van der Waals surface area contributed by atoms with Gasteiger partial charge < -0.3 is 33.5 Å². The summed E-state index contributed by atoms with van der Waals surface area (Å²) in [5.74, 6) is 1.76. The zero-order valence-electron chi connectivity index (χ0n) is 28.1. The maximum absolute atomic E-state index is 12.9. The number of nitrogens with zero attached hydrogens (tertiary/aromatic N) is 1. The van der Waals surface area contributed by atoms with E-state index in [0.29, 0.717) is 37.4 Å². The van der Waals surface area contributed by atoms with Crippen molar-refractivity contribution in [1.29, 1.82) is 0 Å². The molecule has 8 rings (SSSR count). The van der Waals surface area contributed by atoms with Crippen LogP contribution in [0.1, 0.15) is 84.3 Å². The van der Waals surface area contributed by atoms with Gasteiger partial charge in [0, 0.05) is 48.6 Å². The van der Waals surface area contributed by atoms with Crippen molar-refractivity contribution >= 4 is 6.16 Å². The van der Waals surface area contributed by atoms with Crippen LogP contribution in [0, 0.1) is 22.7 Å². The fourth-order valence-electron chi connectivity index (χ4n) is 10.3. The molecule has 1 saturated heterocycles. The van der Waals surface area contributed by atoms with E-state index < -0.39 is 17.4 Å². The van der Waals surface area contributed by atoms with Gasteiger partial charge in [0.15, 0.2) is 11.5 Å². The summed E-state index contributed by atoms with van der Waals surface area (Å²) in [5.41, 5.74) is 0.160. The molecule has 7 atom stereocenters. The molecule has 2 aliphatic heterocycles. The minimum atomic E-state index is -0.986. The second kappa shape index (κ2) is 11.1. The summed E-state index contributed by atoms with van der Waals surface area (Å²) in [4.78, 5) is 15.7. The summed E-state index contributed by atoms with van der Waals surface area (Å²) in [6.45, 7) is 14.5. The lowest BCUT2D eigenvalue weighted by Crippen LogP contribution is -2.83. The van der Waals surface area contributed by atoms with E-state index in [2.05, 4.69) is 31.7 Å². The summed E-state index contributed by atoms with van der Waals surface area (Å²) in [6, 6.07) is 4.41. The van der Waals surface area contributed by atoms with Gasteiger partial charge in [0.05, 0.1) is 25.4 Å². The number of benzene rings is 1. The molecule has 4 saturated carbocycles. The molecular weight excluding hydrogens is 574 g/mol. The molecular formula is C36H53NO8. The van der Waals surface area contributed by atoms with Crippen molar-refractivity contribution in [2.45, 2.75) is 108 Å². The Morgan fingerprint density at radius 1 is 1.07 bits per heavy atom. The van der Waals surface area contributed by atoms with E-state index in [1.165, 1.54) is 24.0 Å². The second-order valence-electron chi connectivity index (χ2n) is 15.8. The van der Waals surface area contributed by atoms with Gasteiger partial charge in [0.2, 0.25) is 0 Å². The molecule has 250 valence electrons. The normalized spacial score (nSPS) is 35.8. The number of carbonyl (C=O) groups is 1. The molecule has 1 N–H and O–H groups in total. The van der Waals surface area contributed by atoms with Crippen LogP contribution in [-0.2, 0) is 30.8 Å². The molecule has 0 radical (unpaired) electrons. The summed E-state index contributed by atoms with van der Waals surface area (Å²) in [7, 11) is 1.81. The zero-order chi connectivity index (χ0) is 31.8. The first-order valence-corrected chi connectivity index (χ1v) is 17.3. The van der Waals surface area contributed by atoms with E-state index in [0.717, 1.165) is 51.1 Å². The van der Waals surface area contributed by atoms with Gasteiger partial charge in [-0.1, -0.05) is 26.8 Å². The smallest absolute Gasteiger partial charge is 0.482 e. The fraction of sp³-hybridized carbons (Fsp3) is 0.806. The monoisotopic (exact) mass is 627 g/mol. The SMILES string of the molecule is CCOCCOCCOC(=O)Oc1ccc2c3c1OC1C4(OC)CCC5(CC4C(C)(O)C(C)(C)C)C(C2)N(CC2CC2)CCC315. The number of ether oxygens (including phenoxy) is 6. The van der Waals surface area contributed by atoms with Crippen LogP contribution in [0.15, 0.2) is 12.1 Å². The van der Waals surface area contributed by atoms with Crippen LogP contribution >= 0.6 is 0 Å². The van der Waals surface area contributed by atoms with Gasteiger partial charge in [0.25, 0.3) is 0 Å². The van der Waals surface area contributed by atoms with Crippen LogP contribution in [0.3, 0.4) is 0 Å². The molecule has 5 aliphatic carbocycles. The first-order chi connectivity index (χ1) is 21.4. The quantitative estimate of drug-likeness (QED) is 0.189. The summed E-state index contributed by atoms with van der Waals surface area (Å²) >= 11 is 0. The highest BCUT2D eigenvalue weighted by atomic mass is 16.7. The maximum Gasteiger partial charge on any atom is 0.514 e. The second-order valence-corrected chi connectivity index (χ2v) is 15.8. The van der Waals surface area contributed by atoms with Gasteiger partial charge in [-0.3, -0.25) is 4.90 Å². The van der Waals surface area contributed by atoms with Crippen molar-refractivity contribution in [2.24, 2.45) is 22.7 Å². The minimum Gasteiger partial charge on any atom is -0.482 e. The fourth-order valence-corrected chi connectivity index (χ4v) is 10.3. The first kappa shape index (κ1) is 31.7. The number of likely N-dealkylation sites (tertiary alicyclic amines) is 1. The average Bonchev–Trinajstić information content (AvgIpc) is 3.75. The molecule has 1 aromatic rings. The zero-order valence-corrected chi connectivity index (χ0v) is 28.1. The predicted molar refractivity (Wildman–Crippen MR) is 168 cm³/mol. The Kier molecular flexibility index (Phi) is 7.80. The molecule has 5 fully saturated rings. The highest BCUT2D eigenvalue weighted by molar-refractivity contribution is 5.70. The van der Waals surface area contributed by atoms with E-state index in [1.807, 2.05) is 27.0 Å². The van der Waals surface area contributed by atoms with E-state index >= 15 is 0 Å². The van der Waals surface area contributed by atoms with Crippen molar-refractivity contribution in [2.75, 3.05) is 53.2 Å². The minimum absolute atomic E-state index is 0.0682. The molecule has 45 heavy (non-hydrogen) atoms. The van der Waals surface area contributed by atoms with Gasteiger partial charge in [-0.2, -0.15) is 0 Å². The van der Waals surface area contributed by atoms with Crippen molar-refractivity contribution in [3.05, 3.63) is 23.3 Å². The van der Waals surface area contributed by atoms with Gasteiger partial charge in [-0.15, -0.1) is 0 Å². The molecule has 2 spiro atoms. The molecule has 0 aromatic heterocycles. The third-order valence-electron chi connectivity index (χ3n) is 13.1. The van der Waals surface area contributed by atoms with Crippen molar-refractivity contribution in [3.63, 3.8) is 0 Å². The van der Waals surface area contributed by atoms with Crippen LogP contribution in [-0.4, -0.2) is 92.7 Å². The number of fused-ring (bicyclic) bond motifs is 2. The van der Waals surface area contributed by atoms with Crippen LogP contribution in [0.2, 0.25) is 0 Å². The van der Waals surface area contributed by atoms with E-state index in [9.17, 15) is 9.90 Å². The number of aliphatic hydroxyl groups is 1. The van der Waals surface area contributed by atoms with Crippen LogP contribution in [0.4, 0.5) is 4.79 Å². The van der Waals surface area contributed by atoms with Crippen molar-refractivity contribution in [1.82, 2.24) is 4.90 Å². The third kappa shape index (κ3) is 4.54. The molecule has 1 aromatic carbocycles. The van der Waals surface area contributed by atoms with Crippen molar-refractivity contribution in [3.8, 4) is 11.5 Å². The summed E-state index contributed by atoms with van der Waals surface area (Å²) in [6.07, 6.45) is 6.31. The predicted octanol–water partition coefficient (Wildman–Crippen LogP) is 5.28. The van der Waals surface area contributed by atoms with E-state index in [-0.39, 0.29) is 41.5 Å². The maximum atomic E-state index is 12.9. The molecule has 0 amide bonds. The van der Waals surface area contributed by atoms with Gasteiger partial charge >= 0.3 is 6.16 Å². The lowest BCUT2D eigenvalue weighted by atomic mass is 9.33. The van der Waals surface area contributed by atoms with Crippen LogP contribution in [0.5, 0.6) is 11.5 Å². The Balaban J connectivity index is 1.24. The van der Waals surface area contributed by atoms with Gasteiger partial charge in [0.1, 0.15) is 18.3 Å². The van der Waals surface area contributed by atoms with Crippen molar-refractivity contribution < 1.29 is 38.3 Å². The Labute approximate surface area is 268 Å². The topological polar surface area (TPSA) is 95.9 Å². The van der Waals surface area contributed by atoms with Crippen LogP contribution < -0.4 is 9.47 Å². The highest BCUT2D eigenvalue weighted by Gasteiger charge is 2.82. The Morgan fingerprint density at radius 3 is 2.53 bits per heavy atom. The lowest BCUT2D eigenvalue weighted by molar-refractivity contribution is -0.312. The number of hydrogen-bond donors (Lipinski definition) is 1. The Bertz CT molecular complexity index is 1300. The van der Waals surface area contributed by atoms with E-state index in [1.54, 1.807) is 0 Å². The largest absolute Gasteiger partial charge is 0.514 e. The molecule has 9 nitrogen and oxygen atoms in total. The molecule has 7 unspecified atom stereocenters. The number of hydrogen-bond acceptors (Lipinski definition) is 9. The summed E-state index contributed by atoms with van der Waals surface area (Å²) in [5, 5.41) is 12.4. The van der Waals surface area contributed by atoms with Gasteiger partial charge in [-0.25, -0.2) is 4.79 Å². The van der Waals surface area contributed by atoms with Crippen LogP contribution in [0.25, 0.3) is 0 Å². The number of rotatable bonds is 12. The van der Waals surface area contributed by atoms with Gasteiger partial charge in [-0.05, 0) is 88.3 Å². The van der Waals surface area contributed by atoms with E-state index in [4.69, 9.17) is 28.4 Å². The molecule has 9 heteroatoms. The molecule has 2 heterocycles. The highest BCUT2D eigenvalue weighted by Crippen LogP contribution is 2.78. The number of piperidine rings is 1. The molecule has 7 aliphatic rings. The Morgan fingerprint density at radius 2 is 1.82 bits per heavy atom. The number of methoxy groups -OCH3 is 1. The Hall–Kier alpha value is -1.91. The number of carbonyl (C=O) groups excluding carboxylic acids is 1. The molecule has 4 bridgehead atoms. The third-order valence-corrected chi connectivity index (χ3v) is 13.1. The average molecular weight is 628 g/mol. The standard InChI is InChI=1S/C36H53NO8/c1-7-41-16-17-42-18-19-43-31(38)44-25-11-10-24-20-27-34-12-13-36(40-6,26(21-34)33(5,39)32(2,3)4)30-35(34,28(24)29(25)45-30)14-15-37(27)22-23-8-9-23/h10-11,23,26-27,30,39H,7-9,12-22H2,1-6H3. The lowest BCUT2D eigenvalue weighted by Gasteiger charge is -2.75.